The monoisotopic (exact) mass is 448 g/mol. The molecule has 1 aliphatic rings. The fraction of sp³-hybridized carbons (Fsp3) is 0.350. The molecule has 1 unspecified atom stereocenters. The van der Waals surface area contributed by atoms with Gasteiger partial charge in [-0.05, 0) is 50.1 Å². The van der Waals surface area contributed by atoms with Crippen LogP contribution in [0.1, 0.15) is 41.7 Å². The second-order valence-corrected chi connectivity index (χ2v) is 7.33. The number of halogens is 1. The lowest BCUT2D eigenvalue weighted by Gasteiger charge is -2.26. The third kappa shape index (κ3) is 3.96. The number of hydrogen-bond donors (Lipinski definition) is 0. The van der Waals surface area contributed by atoms with Crippen LogP contribution in [0.25, 0.3) is 0 Å². The van der Waals surface area contributed by atoms with Gasteiger partial charge in [-0.2, -0.15) is 0 Å². The Hall–Kier alpha value is -2.61. The third-order valence-corrected chi connectivity index (χ3v) is 5.26. The van der Waals surface area contributed by atoms with E-state index in [0.717, 1.165) is 22.9 Å². The minimum Gasteiger partial charge on any atom is -0.496 e. The van der Waals surface area contributed by atoms with Crippen LogP contribution in [0, 0.1) is 10.1 Å². The van der Waals surface area contributed by atoms with Gasteiger partial charge in [-0.3, -0.25) is 14.9 Å². The number of nitrogens with zero attached hydrogens (tertiary/aromatic N) is 2. The summed E-state index contributed by atoms with van der Waals surface area (Å²) in [4.78, 5) is 25.8. The highest BCUT2D eigenvalue weighted by Crippen LogP contribution is 2.39. The number of nitro groups is 1. The summed E-state index contributed by atoms with van der Waals surface area (Å²) < 4.78 is 11.7. The van der Waals surface area contributed by atoms with Gasteiger partial charge in [0.05, 0.1) is 24.7 Å². The zero-order chi connectivity index (χ0) is 20.3. The Labute approximate surface area is 171 Å². The second-order valence-electron chi connectivity index (χ2n) is 6.42. The van der Waals surface area contributed by atoms with Gasteiger partial charge in [0.15, 0.2) is 5.75 Å². The van der Waals surface area contributed by atoms with E-state index in [0.29, 0.717) is 18.9 Å². The van der Waals surface area contributed by atoms with Crippen molar-refractivity contribution in [1.29, 1.82) is 0 Å². The first-order valence-electron chi connectivity index (χ1n) is 9.02. The topological polar surface area (TPSA) is 81.9 Å². The number of ether oxygens (including phenoxy) is 2. The standard InChI is InChI=1S/C20H21BrN2O5/c1-3-28-19-8-6-13(11-17(19)23(25)26)20(24)22-10-4-5-16(22)15-12-14(21)7-9-18(15)27-2/h6-9,11-12,16H,3-5,10H2,1-2H3. The number of amides is 1. The molecular formula is C20H21BrN2O5. The van der Waals surface area contributed by atoms with Crippen LogP contribution in [-0.2, 0) is 0 Å². The van der Waals surface area contributed by atoms with E-state index in [9.17, 15) is 14.9 Å². The van der Waals surface area contributed by atoms with Crippen molar-refractivity contribution >= 4 is 27.5 Å². The van der Waals surface area contributed by atoms with Crippen LogP contribution in [0.2, 0.25) is 0 Å². The van der Waals surface area contributed by atoms with E-state index < -0.39 is 4.92 Å². The van der Waals surface area contributed by atoms with Crippen LogP contribution in [0.4, 0.5) is 5.69 Å². The van der Waals surface area contributed by atoms with Crippen LogP contribution < -0.4 is 9.47 Å². The fourth-order valence-electron chi connectivity index (χ4n) is 3.54. The van der Waals surface area contributed by atoms with Crippen LogP contribution in [0.15, 0.2) is 40.9 Å². The van der Waals surface area contributed by atoms with E-state index in [2.05, 4.69) is 15.9 Å². The maximum atomic E-state index is 13.2. The van der Waals surface area contributed by atoms with Gasteiger partial charge in [0, 0.05) is 28.2 Å². The highest BCUT2D eigenvalue weighted by Gasteiger charge is 2.33. The zero-order valence-corrected chi connectivity index (χ0v) is 17.3. The van der Waals surface area contributed by atoms with Gasteiger partial charge in [0.1, 0.15) is 5.75 Å². The number of carbonyl (C=O) groups excluding carboxylic acids is 1. The van der Waals surface area contributed by atoms with E-state index in [-0.39, 0.29) is 28.9 Å². The average molecular weight is 449 g/mol. The van der Waals surface area contributed by atoms with Gasteiger partial charge < -0.3 is 14.4 Å². The molecule has 1 heterocycles. The molecule has 1 saturated heterocycles. The number of rotatable bonds is 6. The highest BCUT2D eigenvalue weighted by molar-refractivity contribution is 9.10. The molecule has 1 fully saturated rings. The van der Waals surface area contributed by atoms with Crippen molar-refractivity contribution in [1.82, 2.24) is 4.90 Å². The Kier molecular flexibility index (Phi) is 6.18. The molecule has 3 rings (SSSR count). The maximum Gasteiger partial charge on any atom is 0.311 e. The Morgan fingerprint density at radius 1 is 1.29 bits per heavy atom. The minimum absolute atomic E-state index is 0.148. The molecule has 7 nitrogen and oxygen atoms in total. The Balaban J connectivity index is 1.95. The SMILES string of the molecule is CCOc1ccc(C(=O)N2CCCC2c2cc(Br)ccc2OC)cc1[N+](=O)[O-]. The van der Waals surface area contributed by atoms with Crippen molar-refractivity contribution in [3.05, 3.63) is 62.1 Å². The summed E-state index contributed by atoms with van der Waals surface area (Å²) >= 11 is 3.47. The van der Waals surface area contributed by atoms with Crippen molar-refractivity contribution in [3.8, 4) is 11.5 Å². The molecule has 1 atom stereocenters. The number of benzene rings is 2. The van der Waals surface area contributed by atoms with Crippen LogP contribution >= 0.6 is 15.9 Å². The van der Waals surface area contributed by atoms with Gasteiger partial charge in [-0.1, -0.05) is 15.9 Å². The first-order valence-corrected chi connectivity index (χ1v) is 9.81. The maximum absolute atomic E-state index is 13.2. The molecule has 0 aromatic heterocycles. The normalized spacial score (nSPS) is 16.1. The van der Waals surface area contributed by atoms with E-state index in [4.69, 9.17) is 9.47 Å². The molecule has 28 heavy (non-hydrogen) atoms. The molecule has 8 heteroatoms. The van der Waals surface area contributed by atoms with Gasteiger partial charge in [-0.15, -0.1) is 0 Å². The number of likely N-dealkylation sites (tertiary alicyclic amines) is 1. The largest absolute Gasteiger partial charge is 0.496 e. The Bertz CT molecular complexity index is 902. The lowest BCUT2D eigenvalue weighted by Crippen LogP contribution is -2.30. The summed E-state index contributed by atoms with van der Waals surface area (Å²) in [6.07, 6.45) is 1.66. The summed E-state index contributed by atoms with van der Waals surface area (Å²) in [6, 6.07) is 9.91. The molecular weight excluding hydrogens is 428 g/mol. The van der Waals surface area contributed by atoms with Gasteiger partial charge >= 0.3 is 5.69 Å². The average Bonchev–Trinajstić information content (AvgIpc) is 3.17. The van der Waals surface area contributed by atoms with E-state index >= 15 is 0 Å². The number of methoxy groups -OCH3 is 1. The van der Waals surface area contributed by atoms with E-state index in [1.807, 2.05) is 18.2 Å². The lowest BCUT2D eigenvalue weighted by molar-refractivity contribution is -0.385. The highest BCUT2D eigenvalue weighted by atomic mass is 79.9. The van der Waals surface area contributed by atoms with Crippen molar-refractivity contribution in [2.24, 2.45) is 0 Å². The molecule has 2 aromatic rings. The smallest absolute Gasteiger partial charge is 0.311 e. The van der Waals surface area contributed by atoms with Crippen molar-refractivity contribution in [3.63, 3.8) is 0 Å². The molecule has 0 N–H and O–H groups in total. The van der Waals surface area contributed by atoms with Gasteiger partial charge in [0.25, 0.3) is 5.91 Å². The van der Waals surface area contributed by atoms with E-state index in [1.54, 1.807) is 25.0 Å². The molecule has 148 valence electrons. The van der Waals surface area contributed by atoms with Crippen molar-refractivity contribution in [2.75, 3.05) is 20.3 Å². The quantitative estimate of drug-likeness (QED) is 0.470. The third-order valence-electron chi connectivity index (χ3n) is 4.77. The summed E-state index contributed by atoms with van der Waals surface area (Å²) in [5.41, 5.74) is 0.989. The van der Waals surface area contributed by atoms with Crippen molar-refractivity contribution < 1.29 is 19.2 Å². The van der Waals surface area contributed by atoms with Crippen LogP contribution in [0.3, 0.4) is 0 Å². The van der Waals surface area contributed by atoms with E-state index in [1.165, 1.54) is 12.1 Å². The first-order chi connectivity index (χ1) is 13.5. The summed E-state index contributed by atoms with van der Waals surface area (Å²) in [5.74, 6) is 0.636. The molecule has 0 radical (unpaired) electrons. The number of nitro benzene ring substituents is 1. The predicted molar refractivity (Wildman–Crippen MR) is 108 cm³/mol. The second kappa shape index (κ2) is 8.60. The molecule has 0 saturated carbocycles. The lowest BCUT2D eigenvalue weighted by atomic mass is 10.0. The molecule has 2 aromatic carbocycles. The number of carbonyl (C=O) groups is 1. The first kappa shape index (κ1) is 20.1. The summed E-state index contributed by atoms with van der Waals surface area (Å²) in [5, 5.41) is 11.4. The summed E-state index contributed by atoms with van der Waals surface area (Å²) in [6.45, 7) is 2.65. The predicted octanol–water partition coefficient (Wildman–Crippen LogP) is 4.74. The molecule has 0 aliphatic carbocycles. The Morgan fingerprint density at radius 2 is 2.04 bits per heavy atom. The number of hydrogen-bond acceptors (Lipinski definition) is 5. The Morgan fingerprint density at radius 3 is 2.71 bits per heavy atom. The van der Waals surface area contributed by atoms with Crippen molar-refractivity contribution in [2.45, 2.75) is 25.8 Å². The molecule has 1 aliphatic heterocycles. The molecule has 0 bridgehead atoms. The zero-order valence-electron chi connectivity index (χ0n) is 15.7. The van der Waals surface area contributed by atoms with Gasteiger partial charge in [-0.25, -0.2) is 0 Å². The van der Waals surface area contributed by atoms with Gasteiger partial charge in [0.2, 0.25) is 0 Å². The molecule has 0 spiro atoms. The van der Waals surface area contributed by atoms with Crippen LogP contribution in [0.5, 0.6) is 11.5 Å². The molecule has 1 amide bonds. The van der Waals surface area contributed by atoms with Crippen LogP contribution in [-0.4, -0.2) is 36.0 Å². The summed E-state index contributed by atoms with van der Waals surface area (Å²) in [7, 11) is 1.60. The minimum atomic E-state index is -0.527. The fourth-order valence-corrected chi connectivity index (χ4v) is 3.91.